The summed E-state index contributed by atoms with van der Waals surface area (Å²) in [6.45, 7) is 1.79. The Labute approximate surface area is 101 Å². The van der Waals surface area contributed by atoms with E-state index in [4.69, 9.17) is 10.00 Å². The molecule has 0 aliphatic heterocycles. The molecular formula is C13H16N2O2. The molecule has 90 valence electrons. The number of methoxy groups -OCH3 is 1. The largest absolute Gasteiger partial charge is 0.367 e. The van der Waals surface area contributed by atoms with Crippen molar-refractivity contribution in [3.05, 3.63) is 35.9 Å². The molecule has 0 aliphatic rings. The van der Waals surface area contributed by atoms with Gasteiger partial charge in [-0.15, -0.1) is 0 Å². The first kappa shape index (κ1) is 13.2. The van der Waals surface area contributed by atoms with Crippen molar-refractivity contribution < 1.29 is 9.53 Å². The summed E-state index contributed by atoms with van der Waals surface area (Å²) in [4.78, 5) is 11.9. The molecule has 2 atom stereocenters. The molecule has 1 aromatic rings. The van der Waals surface area contributed by atoms with Crippen LogP contribution in [0.3, 0.4) is 0 Å². The van der Waals surface area contributed by atoms with Crippen LogP contribution in [0.1, 0.15) is 25.0 Å². The van der Waals surface area contributed by atoms with E-state index in [0.717, 1.165) is 5.56 Å². The number of nitrogens with zero attached hydrogens (tertiary/aromatic N) is 1. The molecule has 0 heterocycles. The number of hydrogen-bond donors (Lipinski definition) is 1. The first-order valence-electron chi connectivity index (χ1n) is 5.44. The Kier molecular flexibility index (Phi) is 5.18. The highest BCUT2D eigenvalue weighted by Crippen LogP contribution is 2.16. The number of carbonyl (C=O) groups excluding carboxylic acids is 1. The summed E-state index contributed by atoms with van der Waals surface area (Å²) in [5.41, 5.74) is 0.802. The van der Waals surface area contributed by atoms with Crippen molar-refractivity contribution in [1.82, 2.24) is 5.32 Å². The minimum Gasteiger partial charge on any atom is -0.367 e. The summed E-state index contributed by atoms with van der Waals surface area (Å²) in [7, 11) is 1.49. The standard InChI is InChI=1S/C13H16N2O2/c1-10(8-9-14)15-13(16)12(17-2)11-6-4-3-5-7-11/h3-7,10,12H,8H2,1-2H3,(H,15,16). The lowest BCUT2D eigenvalue weighted by Gasteiger charge is -2.18. The molecule has 4 heteroatoms. The van der Waals surface area contributed by atoms with E-state index in [1.54, 1.807) is 6.92 Å². The maximum Gasteiger partial charge on any atom is 0.253 e. The average Bonchev–Trinajstić information content (AvgIpc) is 2.31. The van der Waals surface area contributed by atoms with Gasteiger partial charge in [0.1, 0.15) is 0 Å². The second kappa shape index (κ2) is 6.66. The number of rotatable bonds is 5. The second-order valence-electron chi connectivity index (χ2n) is 3.80. The van der Waals surface area contributed by atoms with Crippen molar-refractivity contribution in [1.29, 1.82) is 5.26 Å². The maximum atomic E-state index is 11.9. The lowest BCUT2D eigenvalue weighted by molar-refractivity contribution is -0.132. The fourth-order valence-electron chi connectivity index (χ4n) is 1.53. The molecule has 2 unspecified atom stereocenters. The average molecular weight is 232 g/mol. The molecule has 0 spiro atoms. The number of hydrogen-bond acceptors (Lipinski definition) is 3. The normalized spacial score (nSPS) is 13.5. The number of carbonyl (C=O) groups is 1. The third kappa shape index (κ3) is 3.89. The fraction of sp³-hybridized carbons (Fsp3) is 0.385. The van der Waals surface area contributed by atoms with Crippen LogP contribution in [-0.2, 0) is 9.53 Å². The molecule has 0 aliphatic carbocycles. The van der Waals surface area contributed by atoms with Gasteiger partial charge in [0.15, 0.2) is 6.10 Å². The SMILES string of the molecule is COC(C(=O)NC(C)CC#N)c1ccccc1. The van der Waals surface area contributed by atoms with Crippen LogP contribution >= 0.6 is 0 Å². The van der Waals surface area contributed by atoms with Crippen molar-refractivity contribution >= 4 is 5.91 Å². The predicted molar refractivity (Wildman–Crippen MR) is 64.0 cm³/mol. The Hall–Kier alpha value is -1.86. The Morgan fingerprint density at radius 1 is 1.47 bits per heavy atom. The Morgan fingerprint density at radius 3 is 2.65 bits per heavy atom. The molecule has 1 amide bonds. The third-order valence-electron chi connectivity index (χ3n) is 2.36. The Morgan fingerprint density at radius 2 is 2.12 bits per heavy atom. The topological polar surface area (TPSA) is 62.1 Å². The highest BCUT2D eigenvalue weighted by atomic mass is 16.5. The van der Waals surface area contributed by atoms with E-state index in [0.29, 0.717) is 0 Å². The van der Waals surface area contributed by atoms with Gasteiger partial charge < -0.3 is 10.1 Å². The number of amides is 1. The maximum absolute atomic E-state index is 11.9. The summed E-state index contributed by atoms with van der Waals surface area (Å²) in [5, 5.41) is 11.3. The first-order valence-corrected chi connectivity index (χ1v) is 5.44. The van der Waals surface area contributed by atoms with E-state index >= 15 is 0 Å². The monoisotopic (exact) mass is 232 g/mol. The Balaban J connectivity index is 2.69. The molecule has 1 rings (SSSR count). The number of nitriles is 1. The van der Waals surface area contributed by atoms with Crippen molar-refractivity contribution in [2.75, 3.05) is 7.11 Å². The molecule has 0 saturated heterocycles. The van der Waals surface area contributed by atoms with Gasteiger partial charge in [0.05, 0.1) is 12.5 Å². The molecule has 1 aromatic carbocycles. The predicted octanol–water partition coefficient (Wildman–Crippen LogP) is 1.79. The summed E-state index contributed by atoms with van der Waals surface area (Å²) in [5.74, 6) is -0.221. The highest BCUT2D eigenvalue weighted by molar-refractivity contribution is 5.82. The van der Waals surface area contributed by atoms with Crippen LogP contribution in [0.5, 0.6) is 0 Å². The Bertz CT molecular complexity index is 398. The highest BCUT2D eigenvalue weighted by Gasteiger charge is 2.20. The van der Waals surface area contributed by atoms with E-state index in [1.807, 2.05) is 36.4 Å². The molecule has 0 aromatic heterocycles. The molecule has 17 heavy (non-hydrogen) atoms. The van der Waals surface area contributed by atoms with E-state index in [-0.39, 0.29) is 18.4 Å². The van der Waals surface area contributed by atoms with Crippen LogP contribution in [0.15, 0.2) is 30.3 Å². The van der Waals surface area contributed by atoms with E-state index in [2.05, 4.69) is 5.32 Å². The van der Waals surface area contributed by atoms with Crippen molar-refractivity contribution in [3.8, 4) is 6.07 Å². The second-order valence-corrected chi connectivity index (χ2v) is 3.80. The van der Waals surface area contributed by atoms with Crippen molar-refractivity contribution in [3.63, 3.8) is 0 Å². The van der Waals surface area contributed by atoms with Gasteiger partial charge >= 0.3 is 0 Å². The van der Waals surface area contributed by atoms with Crippen LogP contribution in [0.25, 0.3) is 0 Å². The fourth-order valence-corrected chi connectivity index (χ4v) is 1.53. The zero-order valence-corrected chi connectivity index (χ0v) is 10.0. The van der Waals surface area contributed by atoms with Gasteiger partial charge in [-0.3, -0.25) is 4.79 Å². The van der Waals surface area contributed by atoms with Gasteiger partial charge in [0.25, 0.3) is 5.91 Å². The molecule has 0 radical (unpaired) electrons. The van der Waals surface area contributed by atoms with Crippen LogP contribution in [0.2, 0.25) is 0 Å². The van der Waals surface area contributed by atoms with Crippen LogP contribution < -0.4 is 5.32 Å². The number of benzene rings is 1. The first-order chi connectivity index (χ1) is 8.19. The van der Waals surface area contributed by atoms with Gasteiger partial charge in [0, 0.05) is 13.2 Å². The van der Waals surface area contributed by atoms with E-state index in [9.17, 15) is 4.79 Å². The number of ether oxygens (including phenoxy) is 1. The van der Waals surface area contributed by atoms with Gasteiger partial charge in [-0.25, -0.2) is 0 Å². The van der Waals surface area contributed by atoms with Gasteiger partial charge in [-0.05, 0) is 12.5 Å². The number of nitrogens with one attached hydrogen (secondary N) is 1. The minimum atomic E-state index is -0.627. The zero-order valence-electron chi connectivity index (χ0n) is 10.0. The molecule has 1 N–H and O–H groups in total. The van der Waals surface area contributed by atoms with Gasteiger partial charge in [0.2, 0.25) is 0 Å². The quantitative estimate of drug-likeness (QED) is 0.841. The lowest BCUT2D eigenvalue weighted by Crippen LogP contribution is -2.36. The van der Waals surface area contributed by atoms with Crippen LogP contribution in [-0.4, -0.2) is 19.1 Å². The molecule has 0 bridgehead atoms. The van der Waals surface area contributed by atoms with E-state index < -0.39 is 6.10 Å². The molecule has 0 saturated carbocycles. The third-order valence-corrected chi connectivity index (χ3v) is 2.36. The summed E-state index contributed by atoms with van der Waals surface area (Å²) in [6, 6.07) is 11.1. The molecular weight excluding hydrogens is 216 g/mol. The molecule has 4 nitrogen and oxygen atoms in total. The van der Waals surface area contributed by atoms with Crippen molar-refractivity contribution in [2.24, 2.45) is 0 Å². The molecule has 0 fully saturated rings. The van der Waals surface area contributed by atoms with Crippen molar-refractivity contribution in [2.45, 2.75) is 25.5 Å². The summed E-state index contributed by atoms with van der Waals surface area (Å²) < 4.78 is 5.18. The zero-order chi connectivity index (χ0) is 12.7. The lowest BCUT2D eigenvalue weighted by atomic mass is 10.1. The van der Waals surface area contributed by atoms with Crippen LogP contribution in [0, 0.1) is 11.3 Å². The summed E-state index contributed by atoms with van der Waals surface area (Å²) >= 11 is 0. The summed E-state index contributed by atoms with van der Waals surface area (Å²) in [6.07, 6.45) is -0.339. The van der Waals surface area contributed by atoms with Crippen LogP contribution in [0.4, 0.5) is 0 Å². The minimum absolute atomic E-state index is 0.172. The van der Waals surface area contributed by atoms with Gasteiger partial charge in [-0.1, -0.05) is 30.3 Å². The smallest absolute Gasteiger partial charge is 0.253 e. The van der Waals surface area contributed by atoms with E-state index in [1.165, 1.54) is 7.11 Å². The van der Waals surface area contributed by atoms with Gasteiger partial charge in [-0.2, -0.15) is 5.26 Å².